The second kappa shape index (κ2) is 7.98. The van der Waals surface area contributed by atoms with Gasteiger partial charge in [0, 0.05) is 58.0 Å². The van der Waals surface area contributed by atoms with Crippen molar-refractivity contribution in [2.75, 3.05) is 46.3 Å². The summed E-state index contributed by atoms with van der Waals surface area (Å²) in [6.45, 7) is 1.24. The Balaban J connectivity index is 2.38. The van der Waals surface area contributed by atoms with Gasteiger partial charge in [-0.15, -0.1) is 0 Å². The van der Waals surface area contributed by atoms with Crippen molar-refractivity contribution in [1.29, 1.82) is 5.41 Å². The van der Waals surface area contributed by atoms with Gasteiger partial charge in [0.05, 0.1) is 12.3 Å². The van der Waals surface area contributed by atoms with E-state index in [1.165, 1.54) is 0 Å². The highest BCUT2D eigenvalue weighted by Crippen LogP contribution is 2.27. The molecule has 1 aromatic rings. The van der Waals surface area contributed by atoms with Crippen LogP contribution < -0.4 is 10.6 Å². The van der Waals surface area contributed by atoms with E-state index in [1.807, 2.05) is 44.2 Å². The van der Waals surface area contributed by atoms with Crippen LogP contribution in [0, 0.1) is 5.41 Å². The molecule has 1 aromatic carbocycles. The van der Waals surface area contributed by atoms with Crippen molar-refractivity contribution >= 4 is 23.1 Å². The second-order valence-corrected chi connectivity index (χ2v) is 6.13. The number of nitrogens with one attached hydrogen (secondary N) is 1. The fourth-order valence-electron chi connectivity index (χ4n) is 2.53. The molecule has 0 spiro atoms. The van der Waals surface area contributed by atoms with Crippen LogP contribution in [0.25, 0.3) is 0 Å². The van der Waals surface area contributed by atoms with E-state index in [0.717, 1.165) is 16.8 Å². The summed E-state index contributed by atoms with van der Waals surface area (Å²) in [4.78, 5) is 20.2. The number of primary amides is 1. The van der Waals surface area contributed by atoms with Crippen LogP contribution in [-0.2, 0) is 14.4 Å². The van der Waals surface area contributed by atoms with E-state index in [0.29, 0.717) is 31.1 Å². The number of benzene rings is 1. The molecule has 136 valence electrons. The predicted octanol–water partition coefficient (Wildman–Crippen LogP) is 0.634. The Morgan fingerprint density at radius 3 is 2.72 bits per heavy atom. The standard InChI is InChI=1S/C17H25N5O3/c1-21(2)16(18)11-5-6-12(13-10-15(17(19)23)25-20-13)14(9-11)22(3)7-8-24-4/h5-6,9,15,18H,7-8,10H2,1-4H3,(H2,19,23). The number of hydrogen-bond acceptors (Lipinski definition) is 6. The lowest BCUT2D eigenvalue weighted by molar-refractivity contribution is -0.127. The number of rotatable bonds is 7. The molecular formula is C17H25N5O3. The number of ether oxygens (including phenoxy) is 1. The third kappa shape index (κ3) is 4.27. The number of carbonyl (C=O) groups excluding carboxylic acids is 1. The van der Waals surface area contributed by atoms with Gasteiger partial charge in [-0.2, -0.15) is 0 Å². The maximum Gasteiger partial charge on any atom is 0.261 e. The van der Waals surface area contributed by atoms with Crippen molar-refractivity contribution in [3.05, 3.63) is 29.3 Å². The highest BCUT2D eigenvalue weighted by molar-refractivity contribution is 6.09. The third-order valence-electron chi connectivity index (χ3n) is 4.06. The molecule has 0 radical (unpaired) electrons. The molecule has 1 amide bonds. The average molecular weight is 347 g/mol. The van der Waals surface area contributed by atoms with E-state index in [1.54, 1.807) is 12.0 Å². The molecular weight excluding hydrogens is 322 g/mol. The minimum Gasteiger partial charge on any atom is -0.383 e. The molecule has 2 rings (SSSR count). The quantitative estimate of drug-likeness (QED) is 0.556. The Labute approximate surface area is 147 Å². The van der Waals surface area contributed by atoms with Crippen LogP contribution >= 0.6 is 0 Å². The molecule has 0 aliphatic carbocycles. The Morgan fingerprint density at radius 1 is 1.44 bits per heavy atom. The van der Waals surface area contributed by atoms with E-state index in [9.17, 15) is 4.79 Å². The van der Waals surface area contributed by atoms with Crippen LogP contribution in [0.2, 0.25) is 0 Å². The maximum absolute atomic E-state index is 11.3. The van der Waals surface area contributed by atoms with Crippen LogP contribution in [0.3, 0.4) is 0 Å². The first kappa shape index (κ1) is 18.7. The largest absolute Gasteiger partial charge is 0.383 e. The predicted molar refractivity (Wildman–Crippen MR) is 97.3 cm³/mol. The molecule has 1 aliphatic rings. The van der Waals surface area contributed by atoms with E-state index >= 15 is 0 Å². The lowest BCUT2D eigenvalue weighted by Crippen LogP contribution is -2.29. The monoisotopic (exact) mass is 347 g/mol. The van der Waals surface area contributed by atoms with Crippen LogP contribution in [0.5, 0.6) is 0 Å². The number of amides is 1. The zero-order chi connectivity index (χ0) is 18.6. The van der Waals surface area contributed by atoms with Gasteiger partial charge in [0.2, 0.25) is 6.10 Å². The Hall–Kier alpha value is -2.61. The van der Waals surface area contributed by atoms with Crippen LogP contribution in [0.15, 0.2) is 23.4 Å². The summed E-state index contributed by atoms with van der Waals surface area (Å²) in [5, 5.41) is 12.2. The van der Waals surface area contributed by atoms with E-state index < -0.39 is 12.0 Å². The molecule has 1 atom stereocenters. The van der Waals surface area contributed by atoms with Gasteiger partial charge in [0.15, 0.2) is 0 Å². The number of methoxy groups -OCH3 is 1. The Kier molecular flexibility index (Phi) is 5.97. The van der Waals surface area contributed by atoms with Crippen molar-refractivity contribution < 1.29 is 14.4 Å². The van der Waals surface area contributed by atoms with Crippen LogP contribution in [0.4, 0.5) is 5.69 Å². The molecule has 1 heterocycles. The summed E-state index contributed by atoms with van der Waals surface area (Å²) in [5.74, 6) is -0.119. The van der Waals surface area contributed by atoms with Gasteiger partial charge in [-0.1, -0.05) is 17.3 Å². The summed E-state index contributed by atoms with van der Waals surface area (Å²) < 4.78 is 5.16. The van der Waals surface area contributed by atoms with Gasteiger partial charge in [-0.25, -0.2) is 0 Å². The van der Waals surface area contributed by atoms with Gasteiger partial charge < -0.3 is 25.1 Å². The summed E-state index contributed by atoms with van der Waals surface area (Å²) in [6.07, 6.45) is -0.392. The van der Waals surface area contributed by atoms with E-state index in [4.69, 9.17) is 20.7 Å². The zero-order valence-corrected chi connectivity index (χ0v) is 15.1. The number of nitrogens with two attached hydrogens (primary N) is 1. The lowest BCUT2D eigenvalue weighted by Gasteiger charge is -2.24. The molecule has 0 saturated carbocycles. The minimum absolute atomic E-state index is 0.338. The SMILES string of the molecule is COCCN(C)c1cc(C(=N)N(C)C)ccc1C1=NOC(C(N)=O)C1. The molecule has 0 saturated heterocycles. The van der Waals surface area contributed by atoms with E-state index in [-0.39, 0.29) is 0 Å². The first-order valence-electron chi connectivity index (χ1n) is 7.98. The third-order valence-corrected chi connectivity index (χ3v) is 4.06. The van der Waals surface area contributed by atoms with Gasteiger partial charge in [0.1, 0.15) is 5.84 Å². The van der Waals surface area contributed by atoms with Gasteiger partial charge in [0.25, 0.3) is 5.91 Å². The van der Waals surface area contributed by atoms with Gasteiger partial charge in [-0.05, 0) is 6.07 Å². The smallest absolute Gasteiger partial charge is 0.261 e. The molecule has 3 N–H and O–H groups in total. The molecule has 8 heteroatoms. The maximum atomic E-state index is 11.3. The number of nitrogens with zero attached hydrogens (tertiary/aromatic N) is 3. The van der Waals surface area contributed by atoms with Crippen molar-refractivity contribution in [2.45, 2.75) is 12.5 Å². The molecule has 1 aliphatic heterocycles. The fourth-order valence-corrected chi connectivity index (χ4v) is 2.53. The molecule has 8 nitrogen and oxygen atoms in total. The van der Waals surface area contributed by atoms with Crippen LogP contribution in [-0.4, -0.2) is 69.9 Å². The minimum atomic E-state index is -0.730. The zero-order valence-electron chi connectivity index (χ0n) is 15.1. The first-order valence-corrected chi connectivity index (χ1v) is 7.98. The molecule has 0 bridgehead atoms. The normalized spacial score (nSPS) is 16.2. The fraction of sp³-hybridized carbons (Fsp3) is 0.471. The molecule has 0 aromatic heterocycles. The summed E-state index contributed by atoms with van der Waals surface area (Å²) in [5.41, 5.74) is 8.52. The van der Waals surface area contributed by atoms with Crippen LogP contribution in [0.1, 0.15) is 17.5 Å². The van der Waals surface area contributed by atoms with Crippen molar-refractivity contribution in [3.8, 4) is 0 Å². The summed E-state index contributed by atoms with van der Waals surface area (Å²) in [6, 6.07) is 5.70. The topological polar surface area (TPSA) is 104 Å². The number of likely N-dealkylation sites (N-methyl/N-ethyl adjacent to an activating group) is 1. The Bertz CT molecular complexity index is 687. The average Bonchev–Trinajstić information content (AvgIpc) is 3.08. The van der Waals surface area contributed by atoms with Crippen molar-refractivity contribution in [2.24, 2.45) is 10.9 Å². The highest BCUT2D eigenvalue weighted by Gasteiger charge is 2.28. The van der Waals surface area contributed by atoms with Crippen molar-refractivity contribution in [3.63, 3.8) is 0 Å². The number of hydrogen-bond donors (Lipinski definition) is 2. The summed E-state index contributed by atoms with van der Waals surface area (Å²) >= 11 is 0. The number of anilines is 1. The van der Waals surface area contributed by atoms with Crippen molar-refractivity contribution in [1.82, 2.24) is 4.90 Å². The molecule has 1 unspecified atom stereocenters. The summed E-state index contributed by atoms with van der Waals surface area (Å²) in [7, 11) is 7.26. The molecule has 25 heavy (non-hydrogen) atoms. The van der Waals surface area contributed by atoms with E-state index in [2.05, 4.69) is 5.16 Å². The highest BCUT2D eigenvalue weighted by atomic mass is 16.6. The number of amidine groups is 1. The number of carbonyl (C=O) groups is 1. The second-order valence-electron chi connectivity index (χ2n) is 6.13. The first-order chi connectivity index (χ1) is 11.8. The lowest BCUT2D eigenvalue weighted by atomic mass is 9.99. The molecule has 0 fully saturated rings. The van der Waals surface area contributed by atoms with Gasteiger partial charge >= 0.3 is 0 Å². The van der Waals surface area contributed by atoms with Gasteiger partial charge in [-0.3, -0.25) is 10.2 Å². The number of oxime groups is 1. The Morgan fingerprint density at radius 2 is 2.16 bits per heavy atom.